The van der Waals surface area contributed by atoms with Crippen molar-refractivity contribution in [1.29, 1.82) is 0 Å². The Bertz CT molecular complexity index is 516. The lowest BCUT2D eigenvalue weighted by molar-refractivity contribution is -0.135. The lowest BCUT2D eigenvalue weighted by atomic mass is 9.92. The molecule has 0 atom stereocenters. The number of likely N-dealkylation sites (tertiary alicyclic amines) is 1. The maximum Gasteiger partial charge on any atom is 0.317 e. The van der Waals surface area contributed by atoms with Gasteiger partial charge in [-0.15, -0.1) is 0 Å². The van der Waals surface area contributed by atoms with Crippen LogP contribution >= 0.6 is 0 Å². The van der Waals surface area contributed by atoms with Crippen LogP contribution in [0.15, 0.2) is 24.5 Å². The maximum absolute atomic E-state index is 14.7. The predicted octanol–water partition coefficient (Wildman–Crippen LogP) is 1.23. The number of urea groups is 1. The molecule has 0 unspecified atom stereocenters. The van der Waals surface area contributed by atoms with Crippen LogP contribution in [0.3, 0.4) is 0 Å². The van der Waals surface area contributed by atoms with Gasteiger partial charge < -0.3 is 15.5 Å². The molecule has 0 radical (unpaired) electrons. The molecule has 0 spiro atoms. The number of alkyl halides is 1. The van der Waals surface area contributed by atoms with Gasteiger partial charge in [-0.2, -0.15) is 0 Å². The normalized spacial score (nSPS) is 16.9. The summed E-state index contributed by atoms with van der Waals surface area (Å²) in [5.41, 5.74) is -1.04. The Hall–Kier alpha value is -2.18. The van der Waals surface area contributed by atoms with Crippen LogP contribution in [0.5, 0.6) is 0 Å². The number of aromatic nitrogens is 1. The van der Waals surface area contributed by atoms with Crippen molar-refractivity contribution >= 4 is 11.9 Å². The van der Waals surface area contributed by atoms with Crippen molar-refractivity contribution in [1.82, 2.24) is 20.5 Å². The quantitative estimate of drug-likeness (QED) is 0.878. The Kier molecular flexibility index (Phi) is 5.30. The van der Waals surface area contributed by atoms with Crippen LogP contribution in [0.1, 0.15) is 25.3 Å². The number of halogens is 1. The zero-order chi connectivity index (χ0) is 16.0. The number of carbonyl (C=O) groups is 2. The van der Waals surface area contributed by atoms with E-state index in [9.17, 15) is 14.0 Å². The molecule has 3 amide bonds. The molecular weight excluding hydrogens is 287 g/mol. The molecule has 1 aliphatic heterocycles. The average Bonchev–Trinajstić information content (AvgIpc) is 2.54. The van der Waals surface area contributed by atoms with Crippen molar-refractivity contribution in [3.8, 4) is 0 Å². The van der Waals surface area contributed by atoms with E-state index in [0.29, 0.717) is 6.54 Å². The second-order valence-electron chi connectivity index (χ2n) is 5.33. The molecular formula is C15H21FN4O2. The monoisotopic (exact) mass is 308 g/mol. The number of hydrogen-bond acceptors (Lipinski definition) is 3. The highest BCUT2D eigenvalue weighted by Crippen LogP contribution is 2.27. The van der Waals surface area contributed by atoms with Crippen molar-refractivity contribution in [2.75, 3.05) is 19.6 Å². The van der Waals surface area contributed by atoms with Gasteiger partial charge in [0.25, 0.3) is 5.91 Å². The van der Waals surface area contributed by atoms with Crippen LogP contribution in [0.4, 0.5) is 9.18 Å². The van der Waals surface area contributed by atoms with E-state index in [0.717, 1.165) is 5.56 Å². The zero-order valence-electron chi connectivity index (χ0n) is 12.6. The Morgan fingerprint density at radius 3 is 2.50 bits per heavy atom. The number of hydrogen-bond donors (Lipinski definition) is 2. The van der Waals surface area contributed by atoms with E-state index >= 15 is 0 Å². The molecule has 6 nitrogen and oxygen atoms in total. The number of pyridine rings is 1. The molecule has 22 heavy (non-hydrogen) atoms. The smallest absolute Gasteiger partial charge is 0.317 e. The van der Waals surface area contributed by atoms with Crippen LogP contribution in [-0.4, -0.2) is 47.1 Å². The maximum atomic E-state index is 14.7. The first kappa shape index (κ1) is 16.2. The summed E-state index contributed by atoms with van der Waals surface area (Å²) in [6.07, 6.45) is 3.29. The molecule has 0 bridgehead atoms. The number of rotatable bonds is 4. The summed E-state index contributed by atoms with van der Waals surface area (Å²) in [6, 6.07) is 3.33. The molecule has 1 aromatic rings. The number of carbonyl (C=O) groups excluding carboxylic acids is 2. The highest BCUT2D eigenvalue weighted by atomic mass is 19.1. The van der Waals surface area contributed by atoms with E-state index in [1.54, 1.807) is 24.5 Å². The average molecular weight is 308 g/mol. The van der Waals surface area contributed by atoms with E-state index in [1.807, 2.05) is 6.92 Å². The summed E-state index contributed by atoms with van der Waals surface area (Å²) in [5, 5.41) is 5.29. The molecule has 1 aliphatic rings. The molecule has 7 heteroatoms. The van der Waals surface area contributed by atoms with Crippen molar-refractivity contribution in [2.45, 2.75) is 32.0 Å². The van der Waals surface area contributed by atoms with Gasteiger partial charge in [0.15, 0.2) is 5.67 Å². The Morgan fingerprint density at radius 1 is 1.27 bits per heavy atom. The highest BCUT2D eigenvalue weighted by Gasteiger charge is 2.42. The topological polar surface area (TPSA) is 74.3 Å². The summed E-state index contributed by atoms with van der Waals surface area (Å²) >= 11 is 0. The van der Waals surface area contributed by atoms with Crippen molar-refractivity contribution in [3.63, 3.8) is 0 Å². The first-order valence-corrected chi connectivity index (χ1v) is 7.44. The first-order chi connectivity index (χ1) is 10.5. The van der Waals surface area contributed by atoms with E-state index in [-0.39, 0.29) is 38.5 Å². The van der Waals surface area contributed by atoms with E-state index in [4.69, 9.17) is 0 Å². The lowest BCUT2D eigenvalue weighted by Crippen LogP contribution is -2.53. The van der Waals surface area contributed by atoms with Crippen LogP contribution in [0, 0.1) is 0 Å². The first-order valence-electron chi connectivity index (χ1n) is 7.44. The minimum atomic E-state index is -1.91. The molecule has 2 heterocycles. The second-order valence-corrected chi connectivity index (χ2v) is 5.33. The zero-order valence-corrected chi connectivity index (χ0v) is 12.6. The SMILES string of the molecule is CCNC(=O)N1CCC(F)(C(=O)NCc2ccncc2)CC1. The third-order valence-corrected chi connectivity index (χ3v) is 3.78. The molecule has 1 saturated heterocycles. The third kappa shape index (κ3) is 3.93. The van der Waals surface area contributed by atoms with Gasteiger partial charge in [0.05, 0.1) is 0 Å². The summed E-state index contributed by atoms with van der Waals surface area (Å²) in [6.45, 7) is 3.11. The molecule has 0 saturated carbocycles. The fourth-order valence-corrected chi connectivity index (χ4v) is 2.40. The minimum absolute atomic E-state index is 0.0202. The van der Waals surface area contributed by atoms with Crippen molar-refractivity contribution in [2.24, 2.45) is 0 Å². The van der Waals surface area contributed by atoms with Gasteiger partial charge in [0.1, 0.15) is 0 Å². The standard InChI is InChI=1S/C15H21FN4O2/c1-2-18-14(22)20-9-5-15(16,6-10-20)13(21)19-11-12-3-7-17-8-4-12/h3-4,7-8H,2,5-6,9-11H2,1H3,(H,18,22)(H,19,21). The highest BCUT2D eigenvalue weighted by molar-refractivity contribution is 5.85. The van der Waals surface area contributed by atoms with Gasteiger partial charge in [0, 0.05) is 51.4 Å². The Balaban J connectivity index is 1.84. The second kappa shape index (κ2) is 7.20. The number of piperidine rings is 1. The molecule has 2 rings (SSSR count). The van der Waals surface area contributed by atoms with Gasteiger partial charge in [-0.05, 0) is 24.6 Å². The van der Waals surface area contributed by atoms with Crippen LogP contribution in [-0.2, 0) is 11.3 Å². The van der Waals surface area contributed by atoms with Crippen molar-refractivity contribution < 1.29 is 14.0 Å². The summed E-state index contributed by atoms with van der Waals surface area (Å²) < 4.78 is 14.7. The summed E-state index contributed by atoms with van der Waals surface area (Å²) in [4.78, 5) is 29.2. The van der Waals surface area contributed by atoms with Crippen LogP contribution in [0.2, 0.25) is 0 Å². The molecule has 1 fully saturated rings. The van der Waals surface area contributed by atoms with E-state index < -0.39 is 11.6 Å². The minimum Gasteiger partial charge on any atom is -0.349 e. The molecule has 120 valence electrons. The van der Waals surface area contributed by atoms with Gasteiger partial charge >= 0.3 is 6.03 Å². The van der Waals surface area contributed by atoms with Crippen LogP contribution < -0.4 is 10.6 Å². The van der Waals surface area contributed by atoms with Gasteiger partial charge in [-0.1, -0.05) is 0 Å². The fourth-order valence-electron chi connectivity index (χ4n) is 2.40. The summed E-state index contributed by atoms with van der Waals surface area (Å²) in [7, 11) is 0. The third-order valence-electron chi connectivity index (χ3n) is 3.78. The number of nitrogens with one attached hydrogen (secondary N) is 2. The predicted molar refractivity (Wildman–Crippen MR) is 79.8 cm³/mol. The Morgan fingerprint density at radius 2 is 1.91 bits per heavy atom. The largest absolute Gasteiger partial charge is 0.349 e. The van der Waals surface area contributed by atoms with Gasteiger partial charge in [-0.3, -0.25) is 9.78 Å². The molecule has 2 N–H and O–H groups in total. The Labute approximate surface area is 129 Å². The van der Waals surface area contributed by atoms with E-state index in [2.05, 4.69) is 15.6 Å². The molecule has 0 aliphatic carbocycles. The number of amides is 3. The summed E-state index contributed by atoms with van der Waals surface area (Å²) in [5.74, 6) is -0.611. The molecule has 1 aromatic heterocycles. The molecule has 0 aromatic carbocycles. The van der Waals surface area contributed by atoms with Crippen molar-refractivity contribution in [3.05, 3.63) is 30.1 Å². The van der Waals surface area contributed by atoms with E-state index in [1.165, 1.54) is 4.90 Å². The van der Waals surface area contributed by atoms with Gasteiger partial charge in [0.2, 0.25) is 0 Å². The van der Waals surface area contributed by atoms with Gasteiger partial charge in [-0.25, -0.2) is 9.18 Å². The fraction of sp³-hybridized carbons (Fsp3) is 0.533. The number of nitrogens with zero attached hydrogens (tertiary/aromatic N) is 2. The van der Waals surface area contributed by atoms with Crippen LogP contribution in [0.25, 0.3) is 0 Å². The lowest BCUT2D eigenvalue weighted by Gasteiger charge is -2.35.